The van der Waals surface area contributed by atoms with Gasteiger partial charge in [0.05, 0.1) is 0 Å². The van der Waals surface area contributed by atoms with E-state index in [9.17, 15) is 9.59 Å². The Bertz CT molecular complexity index is 381. The molecule has 0 bridgehead atoms. The van der Waals surface area contributed by atoms with Gasteiger partial charge in [0.15, 0.2) is 0 Å². The number of hydrogen-bond donors (Lipinski definition) is 1. The van der Waals surface area contributed by atoms with Gasteiger partial charge in [0.25, 0.3) is 0 Å². The van der Waals surface area contributed by atoms with Crippen LogP contribution in [0.1, 0.15) is 40.5 Å². The normalized spacial score (nSPS) is 23.8. The number of carbonyl (C=O) groups is 2. The monoisotopic (exact) mass is 268 g/mol. The van der Waals surface area contributed by atoms with Gasteiger partial charge in [0.1, 0.15) is 5.60 Å². The lowest BCUT2D eigenvalue weighted by Crippen LogP contribution is -2.54. The molecule has 1 saturated heterocycles. The summed E-state index contributed by atoms with van der Waals surface area (Å²) in [4.78, 5) is 25.3. The highest BCUT2D eigenvalue weighted by Crippen LogP contribution is 2.58. The van der Waals surface area contributed by atoms with Gasteiger partial charge >= 0.3 is 6.09 Å². The molecule has 2 fully saturated rings. The van der Waals surface area contributed by atoms with E-state index in [1.165, 1.54) is 0 Å². The number of likely N-dealkylation sites (tertiary alicyclic amines) is 1. The summed E-state index contributed by atoms with van der Waals surface area (Å²) >= 11 is 0. The molecule has 19 heavy (non-hydrogen) atoms. The Morgan fingerprint density at radius 3 is 2.53 bits per heavy atom. The molecule has 1 saturated carbocycles. The zero-order valence-corrected chi connectivity index (χ0v) is 12.3. The summed E-state index contributed by atoms with van der Waals surface area (Å²) in [5, 5.41) is 2.93. The molecule has 0 radical (unpaired) electrons. The molecule has 1 spiro atoms. The lowest BCUT2D eigenvalue weighted by Gasteiger charge is -2.41. The Morgan fingerprint density at radius 2 is 2.00 bits per heavy atom. The van der Waals surface area contributed by atoms with Crippen molar-refractivity contribution >= 4 is 12.0 Å². The Hall–Kier alpha value is -1.26. The Kier molecular flexibility index (Phi) is 3.49. The van der Waals surface area contributed by atoms with E-state index in [4.69, 9.17) is 4.74 Å². The third-order valence-electron chi connectivity index (χ3n) is 3.72. The van der Waals surface area contributed by atoms with Gasteiger partial charge in [-0.1, -0.05) is 6.92 Å². The molecule has 108 valence electrons. The first-order valence-electron chi connectivity index (χ1n) is 7.03. The van der Waals surface area contributed by atoms with Crippen LogP contribution in [0.2, 0.25) is 0 Å². The van der Waals surface area contributed by atoms with Crippen LogP contribution in [0.25, 0.3) is 0 Å². The summed E-state index contributed by atoms with van der Waals surface area (Å²) in [7, 11) is 0. The van der Waals surface area contributed by atoms with E-state index in [0.29, 0.717) is 13.1 Å². The van der Waals surface area contributed by atoms with Crippen LogP contribution in [0.15, 0.2) is 0 Å². The molecule has 1 atom stereocenters. The number of nitrogens with zero attached hydrogens (tertiary/aromatic N) is 1. The van der Waals surface area contributed by atoms with Crippen LogP contribution in [0.5, 0.6) is 0 Å². The van der Waals surface area contributed by atoms with Crippen LogP contribution in [-0.4, -0.2) is 42.1 Å². The largest absolute Gasteiger partial charge is 0.444 e. The minimum atomic E-state index is -0.457. The molecule has 1 aliphatic heterocycles. The fraction of sp³-hybridized carbons (Fsp3) is 0.857. The number of carbonyl (C=O) groups excluding carboxylic acids is 2. The van der Waals surface area contributed by atoms with E-state index >= 15 is 0 Å². The van der Waals surface area contributed by atoms with E-state index in [-0.39, 0.29) is 23.3 Å². The standard InChI is InChI=1S/C14H24N2O3/c1-5-6-15-11(17)10-7-14(10)8-16(9-14)12(18)19-13(2,3)4/h10H,5-9H2,1-4H3,(H,15,17)/t10-/m1/s1. The molecule has 2 rings (SSSR count). The molecule has 2 amide bonds. The molecule has 5 heteroatoms. The van der Waals surface area contributed by atoms with Crippen LogP contribution in [0.4, 0.5) is 4.79 Å². The summed E-state index contributed by atoms with van der Waals surface area (Å²) in [6.07, 6.45) is 1.59. The second-order valence-corrected chi connectivity index (χ2v) is 6.75. The molecule has 0 aromatic rings. The third kappa shape index (κ3) is 3.01. The van der Waals surface area contributed by atoms with Gasteiger partial charge in [-0.05, 0) is 33.6 Å². The maximum Gasteiger partial charge on any atom is 0.410 e. The highest BCUT2D eigenvalue weighted by molar-refractivity contribution is 5.83. The van der Waals surface area contributed by atoms with Gasteiger partial charge in [-0.25, -0.2) is 4.79 Å². The van der Waals surface area contributed by atoms with Crippen LogP contribution < -0.4 is 5.32 Å². The lowest BCUT2D eigenvalue weighted by atomic mass is 9.94. The zero-order valence-electron chi connectivity index (χ0n) is 12.3. The van der Waals surface area contributed by atoms with Crippen LogP contribution in [0, 0.1) is 11.3 Å². The third-order valence-corrected chi connectivity index (χ3v) is 3.72. The fourth-order valence-electron chi connectivity index (χ4n) is 2.61. The van der Waals surface area contributed by atoms with Crippen LogP contribution in [0.3, 0.4) is 0 Å². The van der Waals surface area contributed by atoms with Crippen molar-refractivity contribution < 1.29 is 14.3 Å². The van der Waals surface area contributed by atoms with Gasteiger partial charge in [-0.15, -0.1) is 0 Å². The summed E-state index contributed by atoms with van der Waals surface area (Å²) in [5.74, 6) is 0.239. The van der Waals surface area contributed by atoms with Crippen molar-refractivity contribution in [3.8, 4) is 0 Å². The number of amides is 2. The first-order chi connectivity index (χ1) is 8.77. The molecule has 1 N–H and O–H groups in total. The van der Waals surface area contributed by atoms with Crippen molar-refractivity contribution in [3.63, 3.8) is 0 Å². The summed E-state index contributed by atoms with van der Waals surface area (Å²) in [5.41, 5.74) is -0.407. The van der Waals surface area contributed by atoms with Crippen molar-refractivity contribution in [3.05, 3.63) is 0 Å². The first-order valence-corrected chi connectivity index (χ1v) is 7.03. The number of hydrogen-bond acceptors (Lipinski definition) is 3. The van der Waals surface area contributed by atoms with E-state index in [1.54, 1.807) is 4.90 Å². The van der Waals surface area contributed by atoms with Crippen molar-refractivity contribution in [1.29, 1.82) is 0 Å². The lowest BCUT2D eigenvalue weighted by molar-refractivity contribution is -0.124. The highest BCUT2D eigenvalue weighted by atomic mass is 16.6. The summed E-state index contributed by atoms with van der Waals surface area (Å²) in [6, 6.07) is 0. The maximum absolute atomic E-state index is 11.8. The van der Waals surface area contributed by atoms with Crippen molar-refractivity contribution in [2.45, 2.75) is 46.1 Å². The fourth-order valence-corrected chi connectivity index (χ4v) is 2.61. The molecule has 0 unspecified atom stereocenters. The number of nitrogens with one attached hydrogen (secondary N) is 1. The quantitative estimate of drug-likeness (QED) is 0.848. The molecule has 2 aliphatic rings. The predicted molar refractivity (Wildman–Crippen MR) is 71.6 cm³/mol. The van der Waals surface area contributed by atoms with Crippen molar-refractivity contribution in [1.82, 2.24) is 10.2 Å². The van der Waals surface area contributed by atoms with E-state index in [1.807, 2.05) is 27.7 Å². The van der Waals surface area contributed by atoms with E-state index in [2.05, 4.69) is 5.32 Å². The minimum absolute atomic E-state index is 0.0503. The van der Waals surface area contributed by atoms with Gasteiger partial charge in [-0.3, -0.25) is 4.79 Å². The van der Waals surface area contributed by atoms with E-state index < -0.39 is 5.60 Å². The molecule has 0 aromatic heterocycles. The number of rotatable bonds is 3. The van der Waals surface area contributed by atoms with Gasteiger partial charge in [-0.2, -0.15) is 0 Å². The van der Waals surface area contributed by atoms with Crippen molar-refractivity contribution in [2.75, 3.05) is 19.6 Å². The smallest absolute Gasteiger partial charge is 0.410 e. The molecule has 1 heterocycles. The summed E-state index contributed by atoms with van der Waals surface area (Å²) < 4.78 is 5.31. The molecule has 5 nitrogen and oxygen atoms in total. The minimum Gasteiger partial charge on any atom is -0.444 e. The van der Waals surface area contributed by atoms with Gasteiger partial charge in [0.2, 0.25) is 5.91 Å². The van der Waals surface area contributed by atoms with Gasteiger partial charge in [0, 0.05) is 31.0 Å². The molecular formula is C14H24N2O3. The van der Waals surface area contributed by atoms with Gasteiger partial charge < -0.3 is 15.0 Å². The second-order valence-electron chi connectivity index (χ2n) is 6.75. The average molecular weight is 268 g/mol. The first kappa shape index (κ1) is 14.2. The Labute approximate surface area is 114 Å². The molecular weight excluding hydrogens is 244 g/mol. The Morgan fingerprint density at radius 1 is 1.37 bits per heavy atom. The van der Waals surface area contributed by atoms with Crippen molar-refractivity contribution in [2.24, 2.45) is 11.3 Å². The zero-order chi connectivity index (χ0) is 14.3. The topological polar surface area (TPSA) is 58.6 Å². The molecule has 1 aliphatic carbocycles. The van der Waals surface area contributed by atoms with E-state index in [0.717, 1.165) is 19.4 Å². The summed E-state index contributed by atoms with van der Waals surface area (Å²) in [6.45, 7) is 9.67. The average Bonchev–Trinajstić information content (AvgIpc) is 2.96. The van der Waals surface area contributed by atoms with Crippen LogP contribution >= 0.6 is 0 Å². The SMILES string of the molecule is CCCNC(=O)[C@H]1CC12CN(C(=O)OC(C)(C)C)C2. The Balaban J connectivity index is 1.75. The maximum atomic E-state index is 11.8. The number of ether oxygens (including phenoxy) is 1. The molecule has 0 aromatic carbocycles. The van der Waals surface area contributed by atoms with Crippen LogP contribution in [-0.2, 0) is 9.53 Å². The predicted octanol–water partition coefficient (Wildman–Crippen LogP) is 1.77. The highest BCUT2D eigenvalue weighted by Gasteiger charge is 2.65. The second kappa shape index (κ2) is 4.69.